The van der Waals surface area contributed by atoms with Gasteiger partial charge in [0.15, 0.2) is 5.82 Å². The lowest BCUT2D eigenvalue weighted by Crippen LogP contribution is -2.12. The summed E-state index contributed by atoms with van der Waals surface area (Å²) in [6, 6.07) is -0.327. The molecule has 15 heavy (non-hydrogen) atoms. The fourth-order valence-corrected chi connectivity index (χ4v) is 1.83. The molecule has 0 spiro atoms. The Hall–Kier alpha value is -1.27. The van der Waals surface area contributed by atoms with Crippen molar-refractivity contribution in [3.63, 3.8) is 0 Å². The molecule has 1 atom stereocenters. The minimum atomic E-state index is -0.327. The molecule has 0 aliphatic rings. The number of rotatable bonds is 4. The molecule has 2 rings (SSSR count). The van der Waals surface area contributed by atoms with Gasteiger partial charge in [-0.25, -0.2) is 0 Å². The minimum absolute atomic E-state index is 0.327. The molecule has 2 heterocycles. The molecule has 0 saturated heterocycles. The zero-order valence-corrected chi connectivity index (χ0v) is 9.20. The van der Waals surface area contributed by atoms with Crippen molar-refractivity contribution < 1.29 is 4.52 Å². The highest BCUT2D eigenvalue weighted by atomic mass is 32.1. The van der Waals surface area contributed by atoms with Crippen LogP contribution in [0.4, 0.5) is 0 Å². The molecule has 0 bridgehead atoms. The van der Waals surface area contributed by atoms with Crippen LogP contribution < -0.4 is 5.73 Å². The number of hydrogen-bond acceptors (Lipinski definition) is 6. The zero-order valence-electron chi connectivity index (χ0n) is 8.38. The van der Waals surface area contributed by atoms with Crippen LogP contribution in [0.25, 0.3) is 0 Å². The molecule has 2 aromatic rings. The molecule has 1 unspecified atom stereocenters. The molecule has 0 saturated carbocycles. The van der Waals surface area contributed by atoms with E-state index in [-0.39, 0.29) is 6.04 Å². The van der Waals surface area contributed by atoms with Gasteiger partial charge in [-0.1, -0.05) is 12.1 Å². The Morgan fingerprint density at radius 2 is 2.47 bits per heavy atom. The van der Waals surface area contributed by atoms with Crippen molar-refractivity contribution in [1.29, 1.82) is 0 Å². The van der Waals surface area contributed by atoms with Gasteiger partial charge in [0.1, 0.15) is 6.04 Å². The molecule has 0 aliphatic carbocycles. The van der Waals surface area contributed by atoms with Gasteiger partial charge in [0, 0.05) is 17.5 Å². The lowest BCUT2D eigenvalue weighted by atomic mass is 10.2. The molecule has 80 valence electrons. The first-order valence-corrected chi connectivity index (χ1v) is 5.65. The SMILES string of the molecule is CCCc1nc(C(N)c2cncs2)no1. The summed E-state index contributed by atoms with van der Waals surface area (Å²) >= 11 is 1.49. The average Bonchev–Trinajstić information content (AvgIpc) is 2.87. The van der Waals surface area contributed by atoms with Gasteiger partial charge in [-0.2, -0.15) is 4.98 Å². The van der Waals surface area contributed by atoms with Crippen molar-refractivity contribution in [2.45, 2.75) is 25.8 Å². The summed E-state index contributed by atoms with van der Waals surface area (Å²) in [7, 11) is 0. The van der Waals surface area contributed by atoms with E-state index in [1.807, 2.05) is 0 Å². The van der Waals surface area contributed by atoms with Crippen LogP contribution in [0, 0.1) is 0 Å². The highest BCUT2D eigenvalue weighted by Crippen LogP contribution is 2.20. The van der Waals surface area contributed by atoms with E-state index in [9.17, 15) is 0 Å². The van der Waals surface area contributed by atoms with E-state index in [4.69, 9.17) is 10.3 Å². The van der Waals surface area contributed by atoms with Gasteiger partial charge >= 0.3 is 0 Å². The molecule has 0 aliphatic heterocycles. The third-order valence-corrected chi connectivity index (χ3v) is 2.84. The monoisotopic (exact) mass is 224 g/mol. The van der Waals surface area contributed by atoms with E-state index in [2.05, 4.69) is 22.0 Å². The van der Waals surface area contributed by atoms with Gasteiger partial charge in [-0.05, 0) is 6.42 Å². The third-order valence-electron chi connectivity index (χ3n) is 1.98. The first kappa shape index (κ1) is 10.3. The predicted molar refractivity (Wildman–Crippen MR) is 56.4 cm³/mol. The Morgan fingerprint density at radius 1 is 1.60 bits per heavy atom. The number of aromatic nitrogens is 3. The summed E-state index contributed by atoms with van der Waals surface area (Å²) in [6.45, 7) is 2.06. The standard InChI is InChI=1S/C9H12N4OS/c1-2-3-7-12-9(13-14-7)8(10)6-4-11-5-15-6/h4-5,8H,2-3,10H2,1H3. The van der Waals surface area contributed by atoms with Gasteiger partial charge in [-0.15, -0.1) is 11.3 Å². The maximum atomic E-state index is 5.96. The highest BCUT2D eigenvalue weighted by Gasteiger charge is 2.16. The summed E-state index contributed by atoms with van der Waals surface area (Å²) in [5.41, 5.74) is 7.69. The fraction of sp³-hybridized carbons (Fsp3) is 0.444. The van der Waals surface area contributed by atoms with Crippen LogP contribution in [0.15, 0.2) is 16.2 Å². The molecule has 5 nitrogen and oxygen atoms in total. The number of nitrogens with two attached hydrogens (primary N) is 1. The Balaban J connectivity index is 2.15. The van der Waals surface area contributed by atoms with Crippen LogP contribution in [-0.4, -0.2) is 15.1 Å². The van der Waals surface area contributed by atoms with E-state index < -0.39 is 0 Å². The maximum absolute atomic E-state index is 5.96. The second-order valence-corrected chi connectivity index (χ2v) is 4.10. The number of thiazole rings is 1. The highest BCUT2D eigenvalue weighted by molar-refractivity contribution is 7.09. The molecule has 2 N–H and O–H groups in total. The van der Waals surface area contributed by atoms with Gasteiger partial charge in [0.25, 0.3) is 0 Å². The van der Waals surface area contributed by atoms with Crippen LogP contribution in [0.2, 0.25) is 0 Å². The molecule has 0 aromatic carbocycles. The normalized spacial score (nSPS) is 12.9. The van der Waals surface area contributed by atoms with Crippen molar-refractivity contribution in [3.8, 4) is 0 Å². The van der Waals surface area contributed by atoms with Gasteiger partial charge in [0.05, 0.1) is 5.51 Å². The summed E-state index contributed by atoms with van der Waals surface area (Å²) in [4.78, 5) is 9.14. The van der Waals surface area contributed by atoms with Crippen LogP contribution >= 0.6 is 11.3 Å². The molecule has 0 fully saturated rings. The van der Waals surface area contributed by atoms with Crippen LogP contribution in [0.5, 0.6) is 0 Å². The Labute approximate surface area is 91.3 Å². The fourth-order valence-electron chi connectivity index (χ4n) is 1.22. The largest absolute Gasteiger partial charge is 0.339 e. The van der Waals surface area contributed by atoms with E-state index in [0.29, 0.717) is 11.7 Å². The lowest BCUT2D eigenvalue weighted by Gasteiger charge is -2.00. The lowest BCUT2D eigenvalue weighted by molar-refractivity contribution is 0.370. The van der Waals surface area contributed by atoms with Crippen molar-refractivity contribution in [2.75, 3.05) is 0 Å². The molecule has 6 heteroatoms. The van der Waals surface area contributed by atoms with Gasteiger partial charge < -0.3 is 10.3 Å². The molecular weight excluding hydrogens is 212 g/mol. The minimum Gasteiger partial charge on any atom is -0.339 e. The second kappa shape index (κ2) is 4.50. The van der Waals surface area contributed by atoms with E-state index >= 15 is 0 Å². The van der Waals surface area contributed by atoms with Crippen molar-refractivity contribution in [1.82, 2.24) is 15.1 Å². The van der Waals surface area contributed by atoms with E-state index in [0.717, 1.165) is 17.7 Å². The average molecular weight is 224 g/mol. The van der Waals surface area contributed by atoms with Crippen molar-refractivity contribution in [2.24, 2.45) is 5.73 Å². The summed E-state index contributed by atoms with van der Waals surface area (Å²) in [5.74, 6) is 1.18. The Bertz CT molecular complexity index is 411. The number of aryl methyl sites for hydroxylation is 1. The first-order valence-electron chi connectivity index (χ1n) is 4.77. The van der Waals surface area contributed by atoms with Crippen molar-refractivity contribution >= 4 is 11.3 Å². The zero-order chi connectivity index (χ0) is 10.7. The summed E-state index contributed by atoms with van der Waals surface area (Å²) in [5, 5.41) is 3.86. The smallest absolute Gasteiger partial charge is 0.226 e. The summed E-state index contributed by atoms with van der Waals surface area (Å²) < 4.78 is 5.07. The first-order chi connectivity index (χ1) is 7.31. The second-order valence-electron chi connectivity index (χ2n) is 3.18. The molecule has 0 amide bonds. The van der Waals surface area contributed by atoms with Crippen LogP contribution in [0.1, 0.15) is 36.0 Å². The quantitative estimate of drug-likeness (QED) is 0.852. The number of hydrogen-bond donors (Lipinski definition) is 1. The predicted octanol–water partition coefficient (Wildman–Crippen LogP) is 1.53. The summed E-state index contributed by atoms with van der Waals surface area (Å²) in [6.07, 6.45) is 3.50. The third kappa shape index (κ3) is 2.21. The van der Waals surface area contributed by atoms with Crippen LogP contribution in [-0.2, 0) is 6.42 Å². The molecular formula is C9H12N4OS. The van der Waals surface area contributed by atoms with E-state index in [1.54, 1.807) is 11.7 Å². The Morgan fingerprint density at radius 3 is 3.13 bits per heavy atom. The number of nitrogens with zero attached hydrogens (tertiary/aromatic N) is 3. The maximum Gasteiger partial charge on any atom is 0.226 e. The van der Waals surface area contributed by atoms with Gasteiger partial charge in [0.2, 0.25) is 5.89 Å². The van der Waals surface area contributed by atoms with Crippen molar-refractivity contribution in [3.05, 3.63) is 28.3 Å². The van der Waals surface area contributed by atoms with Crippen LogP contribution in [0.3, 0.4) is 0 Å². The topological polar surface area (TPSA) is 77.8 Å². The molecule has 0 radical (unpaired) electrons. The van der Waals surface area contributed by atoms with E-state index in [1.165, 1.54) is 11.3 Å². The molecule has 2 aromatic heterocycles. The Kier molecular flexibility index (Phi) is 3.08. The van der Waals surface area contributed by atoms with Gasteiger partial charge in [-0.3, -0.25) is 4.98 Å².